The van der Waals surface area contributed by atoms with Crippen LogP contribution in [0.1, 0.15) is 23.2 Å². The molecule has 0 bridgehead atoms. The standard InChI is InChI=1S/C16H13ClFN3O3/c17-10-2-5-12(18)14(8-10)20-16(22)9-1-6-13(19-11-3-4-11)15(7-9)21(23)24/h1-2,5-8,11,19H,3-4H2,(H,20,22). The van der Waals surface area contributed by atoms with Gasteiger partial charge in [-0.1, -0.05) is 11.6 Å². The quantitative estimate of drug-likeness (QED) is 0.625. The molecule has 3 rings (SSSR count). The molecule has 1 fully saturated rings. The van der Waals surface area contributed by atoms with Gasteiger partial charge in [-0.05, 0) is 43.2 Å². The lowest BCUT2D eigenvalue weighted by molar-refractivity contribution is -0.384. The van der Waals surface area contributed by atoms with Gasteiger partial charge in [0.1, 0.15) is 11.5 Å². The molecule has 0 spiro atoms. The number of hydrogen-bond acceptors (Lipinski definition) is 4. The maximum Gasteiger partial charge on any atom is 0.293 e. The first-order valence-corrected chi connectivity index (χ1v) is 7.63. The summed E-state index contributed by atoms with van der Waals surface area (Å²) in [5.74, 6) is -1.30. The molecule has 24 heavy (non-hydrogen) atoms. The Bertz CT molecular complexity index is 824. The number of rotatable bonds is 5. The number of hydrogen-bond donors (Lipinski definition) is 2. The molecular weight excluding hydrogens is 337 g/mol. The summed E-state index contributed by atoms with van der Waals surface area (Å²) in [7, 11) is 0. The average molecular weight is 350 g/mol. The molecule has 1 saturated carbocycles. The topological polar surface area (TPSA) is 84.3 Å². The fourth-order valence-electron chi connectivity index (χ4n) is 2.18. The number of benzene rings is 2. The summed E-state index contributed by atoms with van der Waals surface area (Å²) in [4.78, 5) is 22.9. The lowest BCUT2D eigenvalue weighted by Gasteiger charge is -2.09. The molecule has 1 amide bonds. The van der Waals surface area contributed by atoms with E-state index in [1.165, 1.54) is 30.3 Å². The van der Waals surface area contributed by atoms with Gasteiger partial charge in [0.05, 0.1) is 10.6 Å². The highest BCUT2D eigenvalue weighted by Crippen LogP contribution is 2.32. The van der Waals surface area contributed by atoms with Crippen LogP contribution in [0.3, 0.4) is 0 Å². The largest absolute Gasteiger partial charge is 0.377 e. The van der Waals surface area contributed by atoms with E-state index in [4.69, 9.17) is 11.6 Å². The number of amides is 1. The minimum absolute atomic E-state index is 0.0578. The van der Waals surface area contributed by atoms with E-state index in [1.54, 1.807) is 0 Å². The highest BCUT2D eigenvalue weighted by atomic mass is 35.5. The van der Waals surface area contributed by atoms with Gasteiger partial charge in [-0.3, -0.25) is 14.9 Å². The smallest absolute Gasteiger partial charge is 0.293 e. The van der Waals surface area contributed by atoms with Crippen LogP contribution in [-0.4, -0.2) is 16.9 Å². The molecule has 0 heterocycles. The summed E-state index contributed by atoms with van der Waals surface area (Å²) >= 11 is 5.77. The monoisotopic (exact) mass is 349 g/mol. The normalized spacial score (nSPS) is 13.4. The molecule has 2 N–H and O–H groups in total. The van der Waals surface area contributed by atoms with Crippen LogP contribution in [0.2, 0.25) is 5.02 Å². The molecule has 124 valence electrons. The van der Waals surface area contributed by atoms with E-state index in [9.17, 15) is 19.3 Å². The predicted molar refractivity (Wildman–Crippen MR) is 89.1 cm³/mol. The van der Waals surface area contributed by atoms with Crippen molar-refractivity contribution in [2.75, 3.05) is 10.6 Å². The van der Waals surface area contributed by atoms with Crippen LogP contribution in [0.15, 0.2) is 36.4 Å². The van der Waals surface area contributed by atoms with E-state index < -0.39 is 16.6 Å². The highest BCUT2D eigenvalue weighted by Gasteiger charge is 2.25. The molecule has 0 saturated heterocycles. The third kappa shape index (κ3) is 3.62. The minimum Gasteiger partial charge on any atom is -0.377 e. The first-order chi connectivity index (χ1) is 11.4. The van der Waals surface area contributed by atoms with Crippen molar-refractivity contribution in [3.05, 3.63) is 62.9 Å². The zero-order valence-electron chi connectivity index (χ0n) is 12.4. The van der Waals surface area contributed by atoms with Gasteiger partial charge < -0.3 is 10.6 Å². The van der Waals surface area contributed by atoms with Crippen LogP contribution >= 0.6 is 11.6 Å². The lowest BCUT2D eigenvalue weighted by atomic mass is 10.1. The number of nitrogens with one attached hydrogen (secondary N) is 2. The van der Waals surface area contributed by atoms with Gasteiger partial charge in [0.15, 0.2) is 0 Å². The molecule has 6 nitrogen and oxygen atoms in total. The third-order valence-corrected chi connectivity index (χ3v) is 3.81. The first kappa shape index (κ1) is 16.2. The second kappa shape index (κ2) is 6.45. The number of anilines is 2. The van der Waals surface area contributed by atoms with E-state index >= 15 is 0 Å². The Morgan fingerprint density at radius 1 is 1.21 bits per heavy atom. The summed E-state index contributed by atoms with van der Waals surface area (Å²) in [6.07, 6.45) is 1.93. The van der Waals surface area contributed by atoms with Crippen LogP contribution in [0, 0.1) is 15.9 Å². The van der Waals surface area contributed by atoms with Crippen LogP contribution in [0.4, 0.5) is 21.5 Å². The summed E-state index contributed by atoms with van der Waals surface area (Å²) in [5, 5.41) is 16.9. The summed E-state index contributed by atoms with van der Waals surface area (Å²) in [5.41, 5.74) is 0.145. The summed E-state index contributed by atoms with van der Waals surface area (Å²) < 4.78 is 13.7. The molecule has 1 aliphatic rings. The van der Waals surface area contributed by atoms with Crippen molar-refractivity contribution in [1.82, 2.24) is 0 Å². The molecular formula is C16H13ClFN3O3. The second-order valence-corrected chi connectivity index (χ2v) is 5.92. The number of nitrogens with zero attached hydrogens (tertiary/aromatic N) is 1. The highest BCUT2D eigenvalue weighted by molar-refractivity contribution is 6.31. The third-order valence-electron chi connectivity index (χ3n) is 3.57. The molecule has 0 aromatic heterocycles. The Morgan fingerprint density at radius 3 is 2.62 bits per heavy atom. The van der Waals surface area contributed by atoms with E-state index in [-0.39, 0.29) is 28.0 Å². The van der Waals surface area contributed by atoms with Crippen molar-refractivity contribution in [3.63, 3.8) is 0 Å². The van der Waals surface area contributed by atoms with Gasteiger partial charge >= 0.3 is 0 Å². The maximum absolute atomic E-state index is 13.7. The fourth-order valence-corrected chi connectivity index (χ4v) is 2.35. The molecule has 0 radical (unpaired) electrons. The maximum atomic E-state index is 13.7. The molecule has 0 aliphatic heterocycles. The van der Waals surface area contributed by atoms with Crippen molar-refractivity contribution < 1.29 is 14.1 Å². The molecule has 2 aromatic carbocycles. The van der Waals surface area contributed by atoms with Gasteiger partial charge in [-0.2, -0.15) is 0 Å². The second-order valence-electron chi connectivity index (χ2n) is 5.49. The van der Waals surface area contributed by atoms with Gasteiger partial charge in [-0.15, -0.1) is 0 Å². The Morgan fingerprint density at radius 2 is 1.96 bits per heavy atom. The Kier molecular flexibility index (Phi) is 4.35. The first-order valence-electron chi connectivity index (χ1n) is 7.25. The Labute approximate surface area is 141 Å². The zero-order chi connectivity index (χ0) is 17.3. The predicted octanol–water partition coefficient (Wildman–Crippen LogP) is 4.21. The van der Waals surface area contributed by atoms with Gasteiger partial charge in [0, 0.05) is 22.7 Å². The number of nitro benzene ring substituents is 1. The van der Waals surface area contributed by atoms with Crippen LogP contribution in [-0.2, 0) is 0 Å². The fraction of sp³-hybridized carbons (Fsp3) is 0.188. The molecule has 1 aliphatic carbocycles. The SMILES string of the molecule is O=C(Nc1cc(Cl)ccc1F)c1ccc(NC2CC2)c([N+](=O)[O-])c1. The van der Waals surface area contributed by atoms with Crippen molar-refractivity contribution in [2.45, 2.75) is 18.9 Å². The van der Waals surface area contributed by atoms with E-state index in [1.807, 2.05) is 0 Å². The van der Waals surface area contributed by atoms with E-state index in [2.05, 4.69) is 10.6 Å². The summed E-state index contributed by atoms with van der Waals surface area (Å²) in [6, 6.07) is 8.10. The van der Waals surface area contributed by atoms with Crippen LogP contribution in [0.25, 0.3) is 0 Å². The van der Waals surface area contributed by atoms with Gasteiger partial charge in [0.25, 0.3) is 11.6 Å². The van der Waals surface area contributed by atoms with Crippen molar-refractivity contribution >= 4 is 34.6 Å². The zero-order valence-corrected chi connectivity index (χ0v) is 13.1. The molecule has 8 heteroatoms. The van der Waals surface area contributed by atoms with Crippen LogP contribution in [0.5, 0.6) is 0 Å². The molecule has 0 atom stereocenters. The average Bonchev–Trinajstić information content (AvgIpc) is 3.35. The van der Waals surface area contributed by atoms with E-state index in [0.29, 0.717) is 5.69 Å². The number of carbonyl (C=O) groups excluding carboxylic acids is 1. The van der Waals surface area contributed by atoms with Gasteiger partial charge in [0.2, 0.25) is 0 Å². The number of carbonyl (C=O) groups is 1. The number of halogens is 2. The van der Waals surface area contributed by atoms with E-state index in [0.717, 1.165) is 18.9 Å². The summed E-state index contributed by atoms with van der Waals surface area (Å²) in [6.45, 7) is 0. The van der Waals surface area contributed by atoms with Crippen LogP contribution < -0.4 is 10.6 Å². The van der Waals surface area contributed by atoms with Crippen molar-refractivity contribution in [2.24, 2.45) is 0 Å². The van der Waals surface area contributed by atoms with Crippen molar-refractivity contribution in [3.8, 4) is 0 Å². The molecule has 2 aromatic rings. The van der Waals surface area contributed by atoms with Gasteiger partial charge in [-0.25, -0.2) is 4.39 Å². The Balaban J connectivity index is 1.85. The lowest BCUT2D eigenvalue weighted by Crippen LogP contribution is -2.14. The number of nitro groups is 1. The Hall–Kier alpha value is -2.67. The van der Waals surface area contributed by atoms with Crippen molar-refractivity contribution in [1.29, 1.82) is 0 Å². The molecule has 0 unspecified atom stereocenters. The minimum atomic E-state index is -0.655.